The molecule has 0 unspecified atom stereocenters. The van der Waals surface area contributed by atoms with E-state index in [-0.39, 0.29) is 5.41 Å². The molecule has 0 spiro atoms. The molecule has 3 rings (SSSR count). The van der Waals surface area contributed by atoms with Crippen molar-refractivity contribution in [1.29, 1.82) is 0 Å². The molecule has 1 aliphatic rings. The molecule has 0 amide bonds. The molecule has 1 aromatic heterocycles. The van der Waals surface area contributed by atoms with Crippen LogP contribution in [-0.2, 0) is 5.41 Å². The van der Waals surface area contributed by atoms with E-state index in [2.05, 4.69) is 57.3 Å². The van der Waals surface area contributed by atoms with Gasteiger partial charge in [-0.2, -0.15) is 0 Å². The maximum absolute atomic E-state index is 4.84. The second-order valence-corrected chi connectivity index (χ2v) is 8.58. The molecule has 118 valence electrons. The van der Waals surface area contributed by atoms with E-state index in [0.717, 1.165) is 10.8 Å². The highest BCUT2D eigenvalue weighted by Crippen LogP contribution is 2.33. The van der Waals surface area contributed by atoms with Gasteiger partial charge in [-0.1, -0.05) is 57.9 Å². The number of nitrogens with zero attached hydrogens (tertiary/aromatic N) is 1. The molecular formula is C19H26N2S. The predicted molar refractivity (Wildman–Crippen MR) is 96.9 cm³/mol. The summed E-state index contributed by atoms with van der Waals surface area (Å²) in [5.74, 6) is 0. The Morgan fingerprint density at radius 2 is 1.73 bits per heavy atom. The molecule has 2 nitrogen and oxygen atoms in total. The summed E-state index contributed by atoms with van der Waals surface area (Å²) in [5, 5.41) is 4.70. The largest absolute Gasteiger partial charge is 0.359 e. The van der Waals surface area contributed by atoms with E-state index in [9.17, 15) is 0 Å². The van der Waals surface area contributed by atoms with E-state index >= 15 is 0 Å². The third kappa shape index (κ3) is 3.35. The standard InChI is InChI=1S/C19H26N2S/c1-13-17(14-9-11-15(12-10-14)19(2,3)4)21-18(22-13)20-16-7-5-6-8-16/h9-12,16H,5-8H2,1-4H3,(H,20,21). The van der Waals surface area contributed by atoms with E-state index in [1.54, 1.807) is 11.3 Å². The van der Waals surface area contributed by atoms with Crippen LogP contribution in [0.3, 0.4) is 0 Å². The van der Waals surface area contributed by atoms with Crippen molar-refractivity contribution in [3.8, 4) is 11.3 Å². The fourth-order valence-electron chi connectivity index (χ4n) is 3.10. The number of rotatable bonds is 3. The minimum atomic E-state index is 0.199. The number of thiazole rings is 1. The van der Waals surface area contributed by atoms with Crippen LogP contribution in [0.5, 0.6) is 0 Å². The molecule has 1 heterocycles. The highest BCUT2D eigenvalue weighted by molar-refractivity contribution is 7.16. The summed E-state index contributed by atoms with van der Waals surface area (Å²) in [6.07, 6.45) is 5.27. The number of hydrogen-bond acceptors (Lipinski definition) is 3. The zero-order valence-corrected chi connectivity index (χ0v) is 14.9. The van der Waals surface area contributed by atoms with Crippen LogP contribution in [0.4, 0.5) is 5.13 Å². The van der Waals surface area contributed by atoms with Gasteiger partial charge in [-0.15, -0.1) is 11.3 Å². The fourth-order valence-corrected chi connectivity index (χ4v) is 4.01. The lowest BCUT2D eigenvalue weighted by Gasteiger charge is -2.19. The summed E-state index contributed by atoms with van der Waals surface area (Å²) in [7, 11) is 0. The van der Waals surface area contributed by atoms with Gasteiger partial charge in [0.2, 0.25) is 0 Å². The first kappa shape index (κ1) is 15.5. The van der Waals surface area contributed by atoms with E-state index < -0.39 is 0 Å². The smallest absolute Gasteiger partial charge is 0.183 e. The average Bonchev–Trinajstić information content (AvgIpc) is 3.08. The monoisotopic (exact) mass is 314 g/mol. The molecule has 3 heteroatoms. The quantitative estimate of drug-likeness (QED) is 0.778. The highest BCUT2D eigenvalue weighted by Gasteiger charge is 2.18. The van der Waals surface area contributed by atoms with Crippen molar-refractivity contribution in [3.05, 3.63) is 34.7 Å². The van der Waals surface area contributed by atoms with Crippen molar-refractivity contribution in [1.82, 2.24) is 4.98 Å². The zero-order valence-electron chi connectivity index (χ0n) is 14.1. The van der Waals surface area contributed by atoms with Crippen molar-refractivity contribution < 1.29 is 0 Å². The van der Waals surface area contributed by atoms with Gasteiger partial charge in [0.05, 0.1) is 5.69 Å². The van der Waals surface area contributed by atoms with Gasteiger partial charge in [0, 0.05) is 16.5 Å². The number of aryl methyl sites for hydroxylation is 1. The Morgan fingerprint density at radius 3 is 2.32 bits per heavy atom. The van der Waals surface area contributed by atoms with Crippen molar-refractivity contribution in [2.75, 3.05) is 5.32 Å². The number of benzene rings is 1. The Kier molecular flexibility index (Phi) is 4.26. The molecule has 2 aromatic rings. The highest BCUT2D eigenvalue weighted by atomic mass is 32.1. The van der Waals surface area contributed by atoms with Gasteiger partial charge in [0.25, 0.3) is 0 Å². The Bertz CT molecular complexity index is 628. The van der Waals surface area contributed by atoms with E-state index in [0.29, 0.717) is 6.04 Å². The number of aromatic nitrogens is 1. The summed E-state index contributed by atoms with van der Waals surface area (Å²) in [6.45, 7) is 8.92. The summed E-state index contributed by atoms with van der Waals surface area (Å²) >= 11 is 1.78. The molecule has 0 atom stereocenters. The summed E-state index contributed by atoms with van der Waals surface area (Å²) in [4.78, 5) is 6.14. The lowest BCUT2D eigenvalue weighted by atomic mass is 9.86. The molecule has 0 aliphatic heterocycles. The molecule has 1 saturated carbocycles. The molecule has 0 radical (unpaired) electrons. The van der Waals surface area contributed by atoms with E-state index in [1.807, 2.05) is 0 Å². The van der Waals surface area contributed by atoms with Gasteiger partial charge in [-0.25, -0.2) is 4.98 Å². The molecule has 22 heavy (non-hydrogen) atoms. The Hall–Kier alpha value is -1.35. The summed E-state index contributed by atoms with van der Waals surface area (Å²) < 4.78 is 0. The number of anilines is 1. The third-order valence-electron chi connectivity index (χ3n) is 4.50. The van der Waals surface area contributed by atoms with Gasteiger partial charge in [0.1, 0.15) is 0 Å². The van der Waals surface area contributed by atoms with Crippen molar-refractivity contribution in [3.63, 3.8) is 0 Å². The van der Waals surface area contributed by atoms with Crippen LogP contribution < -0.4 is 5.32 Å². The summed E-state index contributed by atoms with van der Waals surface area (Å²) in [5.41, 5.74) is 3.92. The second kappa shape index (κ2) is 6.04. The van der Waals surface area contributed by atoms with Gasteiger partial charge >= 0.3 is 0 Å². The molecule has 1 fully saturated rings. The normalized spacial score (nSPS) is 16.2. The average molecular weight is 314 g/mol. The topological polar surface area (TPSA) is 24.9 Å². The number of hydrogen-bond donors (Lipinski definition) is 1. The van der Waals surface area contributed by atoms with Crippen LogP contribution in [-0.4, -0.2) is 11.0 Å². The van der Waals surface area contributed by atoms with E-state index in [1.165, 1.54) is 41.7 Å². The van der Waals surface area contributed by atoms with Crippen molar-refractivity contribution in [2.45, 2.75) is 64.8 Å². The van der Waals surface area contributed by atoms with E-state index in [4.69, 9.17) is 4.98 Å². The lowest BCUT2D eigenvalue weighted by molar-refractivity contribution is 0.590. The Labute approximate surface area is 138 Å². The minimum Gasteiger partial charge on any atom is -0.359 e. The summed E-state index contributed by atoms with van der Waals surface area (Å²) in [6, 6.07) is 9.52. The van der Waals surface area contributed by atoms with Crippen LogP contribution >= 0.6 is 11.3 Å². The van der Waals surface area contributed by atoms with Gasteiger partial charge in [-0.3, -0.25) is 0 Å². The molecule has 0 bridgehead atoms. The van der Waals surface area contributed by atoms with Gasteiger partial charge in [-0.05, 0) is 30.7 Å². The molecule has 1 aromatic carbocycles. The Morgan fingerprint density at radius 1 is 1.09 bits per heavy atom. The molecular weight excluding hydrogens is 288 g/mol. The van der Waals surface area contributed by atoms with Gasteiger partial charge < -0.3 is 5.32 Å². The molecule has 0 saturated heterocycles. The van der Waals surface area contributed by atoms with Crippen LogP contribution in [0.15, 0.2) is 24.3 Å². The maximum atomic E-state index is 4.84. The van der Waals surface area contributed by atoms with Crippen molar-refractivity contribution >= 4 is 16.5 Å². The minimum absolute atomic E-state index is 0.199. The second-order valence-electron chi connectivity index (χ2n) is 7.38. The lowest BCUT2D eigenvalue weighted by Crippen LogP contribution is -2.14. The number of nitrogens with one attached hydrogen (secondary N) is 1. The predicted octanol–water partition coefficient (Wildman–Crippen LogP) is 5.77. The SMILES string of the molecule is Cc1sc(NC2CCCC2)nc1-c1ccc(C(C)(C)C)cc1. The van der Waals surface area contributed by atoms with Gasteiger partial charge in [0.15, 0.2) is 5.13 Å². The maximum Gasteiger partial charge on any atom is 0.183 e. The first-order valence-corrected chi connectivity index (χ1v) is 9.10. The first-order valence-electron chi connectivity index (χ1n) is 8.28. The fraction of sp³-hybridized carbons (Fsp3) is 0.526. The van der Waals surface area contributed by atoms with Crippen LogP contribution in [0.1, 0.15) is 56.9 Å². The Balaban J connectivity index is 1.80. The van der Waals surface area contributed by atoms with Crippen LogP contribution in [0.25, 0.3) is 11.3 Å². The van der Waals surface area contributed by atoms with Crippen molar-refractivity contribution in [2.24, 2.45) is 0 Å². The third-order valence-corrected chi connectivity index (χ3v) is 5.41. The van der Waals surface area contributed by atoms with Crippen LogP contribution in [0.2, 0.25) is 0 Å². The molecule has 1 aliphatic carbocycles. The zero-order chi connectivity index (χ0) is 15.7. The molecule has 1 N–H and O–H groups in total. The first-order chi connectivity index (χ1) is 10.4. The van der Waals surface area contributed by atoms with Crippen LogP contribution in [0, 0.1) is 6.92 Å².